The number of nitro groups is 1. The molecule has 84 valence electrons. The number of nitrogens with zero attached hydrogens (tertiary/aromatic N) is 3. The Kier molecular flexibility index (Phi) is 5.31. The molecule has 6 heteroatoms. The Morgan fingerprint density at radius 3 is 2.73 bits per heavy atom. The molecule has 0 atom stereocenters. The van der Waals surface area contributed by atoms with Crippen molar-refractivity contribution in [3.05, 3.63) is 22.5 Å². The van der Waals surface area contributed by atoms with Gasteiger partial charge in [-0.2, -0.15) is 5.10 Å². The Morgan fingerprint density at radius 1 is 1.40 bits per heavy atom. The molecule has 0 bridgehead atoms. The van der Waals surface area contributed by atoms with Crippen LogP contribution in [0.2, 0.25) is 0 Å². The lowest BCUT2D eigenvalue weighted by molar-refractivity contribution is -0.385. The fraction of sp³-hybridized carbons (Fsp3) is 0.667. The molecule has 0 saturated heterocycles. The second-order valence-electron chi connectivity index (χ2n) is 3.32. The maximum atomic E-state index is 10.4. The van der Waals surface area contributed by atoms with Gasteiger partial charge in [-0.3, -0.25) is 14.8 Å². The molecule has 0 aliphatic carbocycles. The molecule has 0 saturated carbocycles. The number of aryl methyl sites for hydroxylation is 1. The molecule has 1 aromatic heterocycles. The number of hydrogen-bond acceptors (Lipinski definition) is 3. The first kappa shape index (κ1) is 12.2. The third kappa shape index (κ3) is 4.42. The van der Waals surface area contributed by atoms with E-state index in [0.717, 1.165) is 24.7 Å². The van der Waals surface area contributed by atoms with Crippen LogP contribution in [-0.2, 0) is 6.54 Å². The van der Waals surface area contributed by atoms with Gasteiger partial charge in [-0.1, -0.05) is 28.8 Å². The molecule has 0 aromatic carbocycles. The maximum Gasteiger partial charge on any atom is 0.306 e. The smallest absolute Gasteiger partial charge is 0.266 e. The molecule has 1 aromatic rings. The Hall–Kier alpha value is -0.910. The van der Waals surface area contributed by atoms with Crippen molar-refractivity contribution < 1.29 is 4.92 Å². The zero-order valence-corrected chi connectivity index (χ0v) is 10.0. The summed E-state index contributed by atoms with van der Waals surface area (Å²) in [6.07, 6.45) is 7.29. The van der Waals surface area contributed by atoms with Crippen molar-refractivity contribution in [1.29, 1.82) is 0 Å². The Balaban J connectivity index is 2.23. The van der Waals surface area contributed by atoms with Crippen LogP contribution in [0.3, 0.4) is 0 Å². The van der Waals surface area contributed by atoms with Crippen LogP contribution < -0.4 is 0 Å². The van der Waals surface area contributed by atoms with Crippen LogP contribution in [0.15, 0.2) is 12.4 Å². The molecule has 0 aliphatic rings. The monoisotopic (exact) mass is 275 g/mol. The standard InChI is InChI=1S/C9H14BrN3O2/c10-5-3-1-2-4-6-12-8-9(7-11-12)13(14)15/h7-8H,1-6H2. The summed E-state index contributed by atoms with van der Waals surface area (Å²) in [6, 6.07) is 0. The topological polar surface area (TPSA) is 61.0 Å². The molecule has 0 aliphatic heterocycles. The van der Waals surface area contributed by atoms with Gasteiger partial charge in [0.2, 0.25) is 0 Å². The van der Waals surface area contributed by atoms with Crippen molar-refractivity contribution in [1.82, 2.24) is 9.78 Å². The Bertz CT molecular complexity index is 314. The second-order valence-corrected chi connectivity index (χ2v) is 4.11. The molecule has 0 amide bonds. The van der Waals surface area contributed by atoms with E-state index >= 15 is 0 Å². The van der Waals surface area contributed by atoms with Crippen molar-refractivity contribution in [3.63, 3.8) is 0 Å². The van der Waals surface area contributed by atoms with Gasteiger partial charge in [0.15, 0.2) is 0 Å². The molecule has 1 rings (SSSR count). The summed E-state index contributed by atoms with van der Waals surface area (Å²) in [5.41, 5.74) is 0.0652. The van der Waals surface area contributed by atoms with Crippen molar-refractivity contribution >= 4 is 21.6 Å². The van der Waals surface area contributed by atoms with E-state index in [4.69, 9.17) is 0 Å². The first-order valence-corrected chi connectivity index (χ1v) is 6.09. The lowest BCUT2D eigenvalue weighted by Crippen LogP contribution is -1.98. The molecule has 5 nitrogen and oxygen atoms in total. The molecule has 1 heterocycles. The average molecular weight is 276 g/mol. The minimum Gasteiger partial charge on any atom is -0.266 e. The predicted molar refractivity (Wildman–Crippen MR) is 61.1 cm³/mol. The van der Waals surface area contributed by atoms with E-state index in [-0.39, 0.29) is 5.69 Å². The van der Waals surface area contributed by atoms with Crippen molar-refractivity contribution in [2.24, 2.45) is 0 Å². The fourth-order valence-corrected chi connectivity index (χ4v) is 1.69. The molecule has 0 N–H and O–H groups in total. The van der Waals surface area contributed by atoms with E-state index in [9.17, 15) is 10.1 Å². The number of aromatic nitrogens is 2. The Morgan fingerprint density at radius 2 is 2.13 bits per heavy atom. The predicted octanol–water partition coefficient (Wildman–Crippen LogP) is 2.75. The van der Waals surface area contributed by atoms with Gasteiger partial charge in [0, 0.05) is 11.9 Å². The minimum absolute atomic E-state index is 0.0652. The highest BCUT2D eigenvalue weighted by atomic mass is 79.9. The van der Waals surface area contributed by atoms with E-state index < -0.39 is 4.92 Å². The highest BCUT2D eigenvalue weighted by Gasteiger charge is 2.07. The average Bonchev–Trinajstić information content (AvgIpc) is 2.66. The van der Waals surface area contributed by atoms with Crippen LogP contribution in [0.4, 0.5) is 5.69 Å². The van der Waals surface area contributed by atoms with Gasteiger partial charge in [0.05, 0.1) is 4.92 Å². The highest BCUT2D eigenvalue weighted by Crippen LogP contribution is 2.09. The molecule has 0 radical (unpaired) electrons. The van der Waals surface area contributed by atoms with Crippen molar-refractivity contribution in [3.8, 4) is 0 Å². The normalized spacial score (nSPS) is 10.5. The van der Waals surface area contributed by atoms with E-state index in [1.807, 2.05) is 0 Å². The number of hydrogen-bond donors (Lipinski definition) is 0. The van der Waals surface area contributed by atoms with Gasteiger partial charge in [-0.15, -0.1) is 0 Å². The zero-order valence-electron chi connectivity index (χ0n) is 8.43. The van der Waals surface area contributed by atoms with E-state index in [1.165, 1.54) is 25.2 Å². The van der Waals surface area contributed by atoms with Gasteiger partial charge in [0.25, 0.3) is 0 Å². The molecule has 15 heavy (non-hydrogen) atoms. The quantitative estimate of drug-likeness (QED) is 0.333. The van der Waals surface area contributed by atoms with Gasteiger partial charge in [-0.25, -0.2) is 0 Å². The van der Waals surface area contributed by atoms with Crippen LogP contribution in [-0.4, -0.2) is 20.0 Å². The summed E-state index contributed by atoms with van der Waals surface area (Å²) in [4.78, 5) is 9.95. The summed E-state index contributed by atoms with van der Waals surface area (Å²) in [6.45, 7) is 0.760. The molecule has 0 spiro atoms. The first-order chi connectivity index (χ1) is 7.24. The van der Waals surface area contributed by atoms with Crippen LogP contribution in [0.1, 0.15) is 25.7 Å². The summed E-state index contributed by atoms with van der Waals surface area (Å²) in [5.74, 6) is 0. The van der Waals surface area contributed by atoms with E-state index in [2.05, 4.69) is 21.0 Å². The fourth-order valence-electron chi connectivity index (χ4n) is 1.29. The minimum atomic E-state index is -0.422. The third-order valence-electron chi connectivity index (χ3n) is 2.10. The maximum absolute atomic E-state index is 10.4. The summed E-state index contributed by atoms with van der Waals surface area (Å²) >= 11 is 3.37. The lowest BCUT2D eigenvalue weighted by Gasteiger charge is -1.99. The van der Waals surface area contributed by atoms with Crippen LogP contribution in [0.5, 0.6) is 0 Å². The van der Waals surface area contributed by atoms with Gasteiger partial charge in [0.1, 0.15) is 12.4 Å². The lowest BCUT2D eigenvalue weighted by atomic mass is 10.2. The summed E-state index contributed by atoms with van der Waals surface area (Å²) in [5, 5.41) is 15.3. The van der Waals surface area contributed by atoms with E-state index in [0.29, 0.717) is 0 Å². The van der Waals surface area contributed by atoms with Crippen LogP contribution >= 0.6 is 15.9 Å². The second kappa shape index (κ2) is 6.55. The van der Waals surface area contributed by atoms with Crippen LogP contribution in [0.25, 0.3) is 0 Å². The third-order valence-corrected chi connectivity index (χ3v) is 2.66. The van der Waals surface area contributed by atoms with Gasteiger partial charge in [-0.05, 0) is 12.8 Å². The Labute approximate surface area is 96.7 Å². The largest absolute Gasteiger partial charge is 0.306 e. The van der Waals surface area contributed by atoms with Gasteiger partial charge >= 0.3 is 5.69 Å². The van der Waals surface area contributed by atoms with Crippen molar-refractivity contribution in [2.45, 2.75) is 32.2 Å². The van der Waals surface area contributed by atoms with Gasteiger partial charge < -0.3 is 0 Å². The number of unbranched alkanes of at least 4 members (excludes halogenated alkanes) is 3. The molecule has 0 fully saturated rings. The van der Waals surface area contributed by atoms with E-state index in [1.54, 1.807) is 4.68 Å². The zero-order chi connectivity index (χ0) is 11.1. The van der Waals surface area contributed by atoms with Crippen molar-refractivity contribution in [2.75, 3.05) is 5.33 Å². The number of halogens is 1. The van der Waals surface area contributed by atoms with Crippen LogP contribution in [0, 0.1) is 10.1 Å². The first-order valence-electron chi connectivity index (χ1n) is 4.97. The number of alkyl halides is 1. The number of rotatable bonds is 7. The highest BCUT2D eigenvalue weighted by molar-refractivity contribution is 9.09. The SMILES string of the molecule is O=[N+]([O-])c1cnn(CCCCCCBr)c1. The summed E-state index contributed by atoms with van der Waals surface area (Å²) in [7, 11) is 0. The molecular weight excluding hydrogens is 262 g/mol. The summed E-state index contributed by atoms with van der Waals surface area (Å²) < 4.78 is 1.63. The molecular formula is C9H14BrN3O2. The molecule has 0 unspecified atom stereocenters.